The Morgan fingerprint density at radius 3 is 1.55 bits per heavy atom. The summed E-state index contributed by atoms with van der Waals surface area (Å²) in [7, 11) is 0. The molecule has 0 aliphatic carbocycles. The molecule has 4 aromatic rings. The maximum atomic E-state index is 11.6. The number of fused-ring (bicyclic) bond motifs is 2. The summed E-state index contributed by atoms with van der Waals surface area (Å²) >= 11 is 0. The lowest BCUT2D eigenvalue weighted by molar-refractivity contribution is 0.465. The van der Waals surface area contributed by atoms with Crippen LogP contribution in [0, 0.1) is 10.8 Å². The van der Waals surface area contributed by atoms with Gasteiger partial charge in [-0.15, -0.1) is 0 Å². The average Bonchev–Trinajstić information content (AvgIpc) is 2.70. The largest absolute Gasteiger partial charge is 0.510 e. The SMILES string of the molecule is N#[N+]c1c(O)c2cc(Oc3ccc4oc(=O)c([N+]#N)c(O)c4c3)ccc2oc1=O. The smallest absolute Gasteiger partial charge is 0.501 e. The molecular formula is C18H8N4O7+2. The van der Waals surface area contributed by atoms with Crippen molar-refractivity contribution in [3.05, 3.63) is 67.2 Å². The Morgan fingerprint density at radius 1 is 0.759 bits per heavy atom. The number of hydrogen-bond acceptors (Lipinski definition) is 9. The van der Waals surface area contributed by atoms with Gasteiger partial charge in [-0.2, -0.15) is 0 Å². The highest BCUT2D eigenvalue weighted by atomic mass is 16.5. The maximum absolute atomic E-state index is 11.6. The zero-order valence-electron chi connectivity index (χ0n) is 14.2. The Bertz CT molecular complexity index is 1410. The first-order chi connectivity index (χ1) is 13.9. The van der Waals surface area contributed by atoms with Crippen LogP contribution in [0.3, 0.4) is 0 Å². The second-order valence-corrected chi connectivity index (χ2v) is 5.79. The van der Waals surface area contributed by atoms with Crippen LogP contribution in [0.25, 0.3) is 31.9 Å². The zero-order chi connectivity index (χ0) is 20.7. The van der Waals surface area contributed by atoms with Crippen molar-refractivity contribution in [2.45, 2.75) is 0 Å². The lowest BCUT2D eigenvalue weighted by Gasteiger charge is -2.07. The minimum absolute atomic E-state index is 0.0411. The topological polar surface area (TPSA) is 166 Å². The number of hydrogen-bond donors (Lipinski definition) is 2. The Labute approximate surface area is 158 Å². The zero-order valence-corrected chi connectivity index (χ0v) is 14.2. The van der Waals surface area contributed by atoms with Crippen LogP contribution in [0.4, 0.5) is 11.4 Å². The molecule has 0 bridgehead atoms. The molecule has 140 valence electrons. The van der Waals surface area contributed by atoms with Crippen LogP contribution in [0.2, 0.25) is 0 Å². The fourth-order valence-corrected chi connectivity index (χ4v) is 2.75. The highest BCUT2D eigenvalue weighted by Crippen LogP contribution is 2.37. The van der Waals surface area contributed by atoms with E-state index in [1.165, 1.54) is 36.4 Å². The summed E-state index contributed by atoms with van der Waals surface area (Å²) in [6.45, 7) is 0. The van der Waals surface area contributed by atoms with Crippen molar-refractivity contribution in [2.24, 2.45) is 0 Å². The highest BCUT2D eigenvalue weighted by Gasteiger charge is 2.26. The van der Waals surface area contributed by atoms with Crippen molar-refractivity contribution in [1.82, 2.24) is 0 Å². The average molecular weight is 392 g/mol. The van der Waals surface area contributed by atoms with Crippen LogP contribution in [0.15, 0.2) is 54.8 Å². The van der Waals surface area contributed by atoms with Crippen LogP contribution >= 0.6 is 0 Å². The minimum atomic E-state index is -1.01. The molecule has 2 aromatic carbocycles. The molecule has 0 amide bonds. The van der Waals surface area contributed by atoms with E-state index in [1.54, 1.807) is 0 Å². The Kier molecular flexibility index (Phi) is 3.84. The molecule has 0 saturated heterocycles. The Balaban J connectivity index is 1.82. The van der Waals surface area contributed by atoms with Gasteiger partial charge < -0.3 is 23.8 Å². The van der Waals surface area contributed by atoms with E-state index in [2.05, 4.69) is 9.95 Å². The summed E-state index contributed by atoms with van der Waals surface area (Å²) in [5.74, 6) is -0.768. The van der Waals surface area contributed by atoms with E-state index < -0.39 is 34.1 Å². The van der Waals surface area contributed by atoms with Gasteiger partial charge in [-0.1, -0.05) is 0 Å². The summed E-state index contributed by atoms with van der Waals surface area (Å²) in [5.41, 5.74) is -3.24. The normalized spacial score (nSPS) is 10.6. The molecule has 0 radical (unpaired) electrons. The van der Waals surface area contributed by atoms with Crippen molar-refractivity contribution in [2.75, 3.05) is 0 Å². The van der Waals surface area contributed by atoms with Gasteiger partial charge in [0.25, 0.3) is 0 Å². The molecule has 0 atom stereocenters. The van der Waals surface area contributed by atoms with Crippen LogP contribution < -0.4 is 16.0 Å². The van der Waals surface area contributed by atoms with E-state index in [0.29, 0.717) is 0 Å². The second kappa shape index (κ2) is 6.37. The third-order valence-corrected chi connectivity index (χ3v) is 4.09. The van der Waals surface area contributed by atoms with Gasteiger partial charge in [0.15, 0.2) is 9.95 Å². The van der Waals surface area contributed by atoms with Gasteiger partial charge in [-0.25, -0.2) is 9.59 Å². The van der Waals surface area contributed by atoms with Gasteiger partial charge in [-0.3, -0.25) is 0 Å². The first-order valence-electron chi connectivity index (χ1n) is 7.90. The third kappa shape index (κ3) is 2.75. The standard InChI is InChI=1S/C18H6N4O7/c19-21-13-15(23)9-5-7(1-3-11(9)28-17(13)25)27-8-2-4-12-10(6-8)16(24)14(22-20)18(26)29-12/h1-6H/p+2. The highest BCUT2D eigenvalue weighted by molar-refractivity contribution is 5.90. The van der Waals surface area contributed by atoms with Gasteiger partial charge >= 0.3 is 22.6 Å². The third-order valence-electron chi connectivity index (χ3n) is 4.09. The summed E-state index contributed by atoms with van der Waals surface area (Å²) < 4.78 is 15.6. The maximum Gasteiger partial charge on any atom is 0.510 e. The van der Waals surface area contributed by atoms with Crippen LogP contribution in [-0.2, 0) is 0 Å². The quantitative estimate of drug-likeness (QED) is 0.377. The van der Waals surface area contributed by atoms with E-state index >= 15 is 0 Å². The van der Waals surface area contributed by atoms with Crippen molar-refractivity contribution in [1.29, 1.82) is 10.8 Å². The molecule has 4 rings (SSSR count). The van der Waals surface area contributed by atoms with E-state index in [-0.39, 0.29) is 33.4 Å². The molecule has 29 heavy (non-hydrogen) atoms. The molecule has 11 nitrogen and oxygen atoms in total. The van der Waals surface area contributed by atoms with Gasteiger partial charge in [0, 0.05) is 0 Å². The lowest BCUT2D eigenvalue weighted by atomic mass is 10.2. The summed E-state index contributed by atoms with van der Waals surface area (Å²) in [6.07, 6.45) is 0. The molecular weight excluding hydrogens is 384 g/mol. The van der Waals surface area contributed by atoms with Crippen molar-refractivity contribution >= 4 is 33.3 Å². The molecule has 11 heteroatoms. The molecule has 2 N–H and O–H groups in total. The van der Waals surface area contributed by atoms with Crippen molar-refractivity contribution in [3.63, 3.8) is 0 Å². The lowest BCUT2D eigenvalue weighted by Crippen LogP contribution is -1.98. The molecule has 2 heterocycles. The van der Waals surface area contributed by atoms with Gasteiger partial charge in [0.1, 0.15) is 22.7 Å². The predicted molar refractivity (Wildman–Crippen MR) is 97.9 cm³/mol. The van der Waals surface area contributed by atoms with Crippen molar-refractivity contribution in [3.8, 4) is 23.0 Å². The van der Waals surface area contributed by atoms with E-state index in [1.807, 2.05) is 0 Å². The summed E-state index contributed by atoms with van der Waals surface area (Å²) in [5, 5.41) is 38.0. The Morgan fingerprint density at radius 2 is 1.17 bits per heavy atom. The molecule has 0 aliphatic heterocycles. The van der Waals surface area contributed by atoms with Gasteiger partial charge in [-0.05, 0) is 36.4 Å². The molecule has 0 spiro atoms. The van der Waals surface area contributed by atoms with E-state index in [9.17, 15) is 19.8 Å². The van der Waals surface area contributed by atoms with Gasteiger partial charge in [0.05, 0.1) is 10.8 Å². The van der Waals surface area contributed by atoms with Crippen LogP contribution in [-0.4, -0.2) is 10.2 Å². The molecule has 2 aromatic heterocycles. The van der Waals surface area contributed by atoms with E-state index in [0.717, 1.165) is 0 Å². The van der Waals surface area contributed by atoms with Gasteiger partial charge in [0.2, 0.25) is 22.3 Å². The fraction of sp³-hybridized carbons (Fsp3) is 0. The monoisotopic (exact) mass is 392 g/mol. The van der Waals surface area contributed by atoms with Crippen LogP contribution in [0.5, 0.6) is 23.0 Å². The number of rotatable bonds is 2. The number of nitrogens with zero attached hydrogens (tertiary/aromatic N) is 4. The molecule has 0 saturated carbocycles. The fourth-order valence-electron chi connectivity index (χ4n) is 2.75. The minimum Gasteiger partial charge on any atom is -0.501 e. The van der Waals surface area contributed by atoms with E-state index in [4.69, 9.17) is 24.4 Å². The van der Waals surface area contributed by atoms with Crippen LogP contribution in [0.1, 0.15) is 0 Å². The number of aromatic hydroxyl groups is 2. The predicted octanol–water partition coefficient (Wildman–Crippen LogP) is 4.07. The Hall–Kier alpha value is -4.90. The summed E-state index contributed by atoms with van der Waals surface area (Å²) in [4.78, 5) is 28.6. The number of diazo groups is 2. The first kappa shape index (κ1) is 17.5. The molecule has 0 aliphatic rings. The number of ether oxygens (including phenoxy) is 1. The molecule has 0 fully saturated rings. The summed E-state index contributed by atoms with van der Waals surface area (Å²) in [6, 6.07) is 8.31. The first-order valence-corrected chi connectivity index (χ1v) is 7.90. The number of benzene rings is 2. The second-order valence-electron chi connectivity index (χ2n) is 5.79. The molecule has 0 unspecified atom stereocenters. The van der Waals surface area contributed by atoms with Crippen molar-refractivity contribution < 1.29 is 23.8 Å².